The molecule has 0 unspecified atom stereocenters. The number of halogens is 3. The Morgan fingerprint density at radius 1 is 0.966 bits per heavy atom. The number of carbonyl (C=O) groups is 2. The Balaban J connectivity index is 1.56. The first-order valence-corrected chi connectivity index (χ1v) is 8.67. The van der Waals surface area contributed by atoms with Crippen molar-refractivity contribution in [3.63, 3.8) is 0 Å². The molecule has 1 aliphatic heterocycles. The molecule has 12 heteroatoms. The summed E-state index contributed by atoms with van der Waals surface area (Å²) in [5.74, 6) is -0.987. The van der Waals surface area contributed by atoms with E-state index >= 15 is 0 Å². The first-order valence-electron chi connectivity index (χ1n) is 8.67. The van der Waals surface area contributed by atoms with Gasteiger partial charge < -0.3 is 25.3 Å². The topological polar surface area (TPSA) is 125 Å². The van der Waals surface area contributed by atoms with Crippen molar-refractivity contribution >= 4 is 11.8 Å². The van der Waals surface area contributed by atoms with Gasteiger partial charge in [-0.3, -0.25) is 9.59 Å². The van der Waals surface area contributed by atoms with Crippen LogP contribution in [0.3, 0.4) is 0 Å². The van der Waals surface area contributed by atoms with Gasteiger partial charge in [-0.1, -0.05) is 12.1 Å². The van der Waals surface area contributed by atoms with Crippen LogP contribution in [0.25, 0.3) is 0 Å². The van der Waals surface area contributed by atoms with Crippen LogP contribution >= 0.6 is 0 Å². The Bertz CT molecular complexity index is 719. The molecular formula is C17H21F3N4O5. The number of hydrogen-bond acceptors (Lipinski definition) is 7. The highest BCUT2D eigenvalue weighted by molar-refractivity contribution is 5.94. The fourth-order valence-electron chi connectivity index (χ4n) is 2.25. The predicted octanol–water partition coefficient (Wildman–Crippen LogP) is 1.13. The lowest BCUT2D eigenvalue weighted by Gasteiger charge is -2.15. The zero-order chi connectivity index (χ0) is 21.3. The van der Waals surface area contributed by atoms with Crippen LogP contribution in [0.15, 0.2) is 34.5 Å². The van der Waals surface area contributed by atoms with Gasteiger partial charge in [-0.05, 0) is 12.1 Å². The minimum atomic E-state index is -4.60. The summed E-state index contributed by atoms with van der Waals surface area (Å²) in [6.07, 6.45) is -4.60. The zero-order valence-electron chi connectivity index (χ0n) is 15.4. The average molecular weight is 418 g/mol. The van der Waals surface area contributed by atoms with E-state index < -0.39 is 23.7 Å². The molecule has 3 N–H and O–H groups in total. The van der Waals surface area contributed by atoms with Crippen molar-refractivity contribution in [3.8, 4) is 0 Å². The lowest BCUT2D eigenvalue weighted by atomic mass is 10.0. The molecule has 1 heterocycles. The van der Waals surface area contributed by atoms with E-state index in [1.807, 2.05) is 0 Å². The molecule has 1 aromatic carbocycles. The van der Waals surface area contributed by atoms with Crippen LogP contribution in [0.1, 0.15) is 15.9 Å². The summed E-state index contributed by atoms with van der Waals surface area (Å²) in [4.78, 5) is 22.4. The predicted molar refractivity (Wildman–Crippen MR) is 93.0 cm³/mol. The third-order valence-electron chi connectivity index (χ3n) is 3.77. The zero-order valence-corrected chi connectivity index (χ0v) is 15.4. The van der Waals surface area contributed by atoms with Crippen molar-refractivity contribution in [3.05, 3.63) is 35.4 Å². The van der Waals surface area contributed by atoms with Gasteiger partial charge in [-0.15, -0.1) is 10.2 Å². The molecule has 2 amide bonds. The van der Waals surface area contributed by atoms with Gasteiger partial charge in [0, 0.05) is 17.7 Å². The van der Waals surface area contributed by atoms with E-state index in [4.69, 9.17) is 19.9 Å². The Hall–Kier alpha value is -2.57. The smallest absolute Gasteiger partial charge is 0.377 e. The molecule has 0 spiro atoms. The maximum Gasteiger partial charge on any atom is 0.442 e. The van der Waals surface area contributed by atoms with Gasteiger partial charge in [-0.25, -0.2) is 0 Å². The maximum atomic E-state index is 12.9. The Morgan fingerprint density at radius 3 is 2.03 bits per heavy atom. The fraction of sp³-hybridized carbons (Fsp3) is 0.529. The quantitative estimate of drug-likeness (QED) is 0.465. The highest BCUT2D eigenvalue weighted by Gasteiger charge is 2.65. The van der Waals surface area contributed by atoms with E-state index in [1.54, 1.807) is 0 Å². The van der Waals surface area contributed by atoms with E-state index in [9.17, 15) is 22.8 Å². The lowest BCUT2D eigenvalue weighted by Crippen LogP contribution is -2.30. The number of nitrogens with zero attached hydrogens (tertiary/aromatic N) is 2. The minimum Gasteiger partial charge on any atom is -0.377 e. The number of ether oxygens (including phenoxy) is 3. The molecule has 2 rings (SSSR count). The molecule has 0 saturated heterocycles. The summed E-state index contributed by atoms with van der Waals surface area (Å²) in [5, 5.41) is 8.81. The Morgan fingerprint density at radius 2 is 1.52 bits per heavy atom. The number of benzene rings is 1. The summed E-state index contributed by atoms with van der Waals surface area (Å²) in [5.41, 5.74) is 2.48. The molecule has 0 aromatic heterocycles. The second-order valence-corrected chi connectivity index (χ2v) is 5.95. The summed E-state index contributed by atoms with van der Waals surface area (Å²) in [7, 11) is 0. The molecule has 9 nitrogen and oxygen atoms in total. The molecule has 0 bridgehead atoms. The van der Waals surface area contributed by atoms with E-state index in [1.165, 1.54) is 24.3 Å². The number of alkyl halides is 3. The Labute approximate surface area is 164 Å². The van der Waals surface area contributed by atoms with Crippen LogP contribution in [0.4, 0.5) is 13.2 Å². The van der Waals surface area contributed by atoms with E-state index in [0.29, 0.717) is 19.8 Å². The van der Waals surface area contributed by atoms with Crippen LogP contribution in [0.2, 0.25) is 0 Å². The molecule has 1 aliphatic rings. The van der Waals surface area contributed by atoms with Gasteiger partial charge in [0.25, 0.3) is 5.91 Å². The molecule has 0 radical (unpaired) electrons. The average Bonchev–Trinajstić information content (AvgIpc) is 3.48. The second kappa shape index (κ2) is 10.3. The van der Waals surface area contributed by atoms with Gasteiger partial charge in [0.05, 0.1) is 33.0 Å². The van der Waals surface area contributed by atoms with Crippen LogP contribution in [0.5, 0.6) is 0 Å². The lowest BCUT2D eigenvalue weighted by molar-refractivity contribution is -0.166. The summed E-state index contributed by atoms with van der Waals surface area (Å²) < 4.78 is 54.2. The number of amides is 2. The van der Waals surface area contributed by atoms with Gasteiger partial charge >= 0.3 is 11.8 Å². The second-order valence-electron chi connectivity index (χ2n) is 5.95. The van der Waals surface area contributed by atoms with Crippen LogP contribution < -0.4 is 11.1 Å². The SMILES string of the molecule is NC(=O)COCCOCCOCCNC(=O)c1ccc(C2(C(F)(F)F)N=N2)cc1. The molecule has 0 atom stereocenters. The number of carbonyl (C=O) groups excluding carboxylic acids is 2. The number of primary amides is 1. The molecule has 0 saturated carbocycles. The maximum absolute atomic E-state index is 12.9. The van der Waals surface area contributed by atoms with Crippen molar-refractivity contribution in [2.75, 3.05) is 46.2 Å². The molecular weight excluding hydrogens is 397 g/mol. The fourth-order valence-corrected chi connectivity index (χ4v) is 2.25. The number of nitrogens with one attached hydrogen (secondary N) is 1. The third-order valence-corrected chi connectivity index (χ3v) is 3.77. The molecule has 0 fully saturated rings. The highest BCUT2D eigenvalue weighted by atomic mass is 19.4. The van der Waals surface area contributed by atoms with Gasteiger partial charge in [-0.2, -0.15) is 13.2 Å². The number of hydrogen-bond donors (Lipinski definition) is 2. The number of rotatable bonds is 13. The minimum absolute atomic E-state index is 0.134. The molecule has 1 aromatic rings. The van der Waals surface area contributed by atoms with E-state index in [-0.39, 0.29) is 37.5 Å². The standard InChI is InChI=1S/C17H21F3N4O5/c18-17(19,20)16(23-24-16)13-3-1-12(2-4-13)15(26)22-5-6-27-7-8-28-9-10-29-11-14(21)25/h1-4H,5-11H2,(H2,21,25)(H,22,26). The summed E-state index contributed by atoms with van der Waals surface area (Å²) >= 11 is 0. The van der Waals surface area contributed by atoms with Crippen molar-refractivity contribution in [1.82, 2.24) is 5.32 Å². The van der Waals surface area contributed by atoms with Crippen LogP contribution in [0, 0.1) is 0 Å². The van der Waals surface area contributed by atoms with Crippen LogP contribution in [-0.2, 0) is 24.7 Å². The van der Waals surface area contributed by atoms with Gasteiger partial charge in [0.1, 0.15) is 6.61 Å². The van der Waals surface area contributed by atoms with Crippen molar-refractivity contribution in [2.24, 2.45) is 16.0 Å². The molecule has 160 valence electrons. The highest BCUT2D eigenvalue weighted by Crippen LogP contribution is 2.52. The first kappa shape index (κ1) is 22.7. The third kappa shape index (κ3) is 6.76. The van der Waals surface area contributed by atoms with Crippen LogP contribution in [-0.4, -0.2) is 64.2 Å². The first-order chi connectivity index (χ1) is 13.8. The molecule has 0 aliphatic carbocycles. The largest absolute Gasteiger partial charge is 0.442 e. The Kier molecular flexibility index (Phi) is 8.05. The van der Waals surface area contributed by atoms with E-state index in [2.05, 4.69) is 15.5 Å². The summed E-state index contributed by atoms with van der Waals surface area (Å²) in [6.45, 7) is 1.44. The monoisotopic (exact) mass is 418 g/mol. The summed E-state index contributed by atoms with van der Waals surface area (Å²) in [6, 6.07) is 4.94. The van der Waals surface area contributed by atoms with E-state index in [0.717, 1.165) is 0 Å². The van der Waals surface area contributed by atoms with Crippen molar-refractivity contribution < 1.29 is 37.0 Å². The number of nitrogens with two attached hydrogens (primary N) is 1. The molecule has 29 heavy (non-hydrogen) atoms. The van der Waals surface area contributed by atoms with Gasteiger partial charge in [0.2, 0.25) is 5.91 Å². The van der Waals surface area contributed by atoms with Crippen molar-refractivity contribution in [2.45, 2.75) is 11.8 Å². The van der Waals surface area contributed by atoms with Crippen molar-refractivity contribution in [1.29, 1.82) is 0 Å². The normalized spacial score (nSPS) is 14.6. The van der Waals surface area contributed by atoms with Gasteiger partial charge in [0.15, 0.2) is 0 Å².